The molecule has 0 fully saturated rings. The molecular formula is C21H25BrN2O4. The minimum Gasteiger partial charge on any atom is -0.490 e. The summed E-state index contributed by atoms with van der Waals surface area (Å²) in [5.41, 5.74) is 6.14. The summed E-state index contributed by atoms with van der Waals surface area (Å²) in [6.07, 6.45) is 0.0242. The number of nitrogens with one attached hydrogen (secondary N) is 2. The van der Waals surface area contributed by atoms with Gasteiger partial charge in [-0.1, -0.05) is 32.0 Å². The minimum absolute atomic E-state index is 0.0242. The molecular weight excluding hydrogens is 424 g/mol. The van der Waals surface area contributed by atoms with E-state index in [1.807, 2.05) is 38.1 Å². The predicted molar refractivity (Wildman–Crippen MR) is 112 cm³/mol. The van der Waals surface area contributed by atoms with E-state index in [0.717, 1.165) is 5.56 Å². The first kappa shape index (κ1) is 21.8. The number of rotatable bonds is 7. The lowest BCUT2D eigenvalue weighted by Gasteiger charge is -2.14. The molecule has 0 aliphatic rings. The Bertz CT molecular complexity index is 837. The first-order chi connectivity index (χ1) is 13.3. The summed E-state index contributed by atoms with van der Waals surface area (Å²) in [7, 11) is 0. The van der Waals surface area contributed by atoms with E-state index in [-0.39, 0.29) is 18.6 Å². The molecule has 0 aliphatic carbocycles. The number of carbonyl (C=O) groups excluding carboxylic acids is 2. The van der Waals surface area contributed by atoms with Crippen LogP contribution in [0.15, 0.2) is 46.9 Å². The summed E-state index contributed by atoms with van der Waals surface area (Å²) in [6, 6.07) is 12.5. The largest absolute Gasteiger partial charge is 0.490 e. The van der Waals surface area contributed by atoms with Crippen LogP contribution in [0.3, 0.4) is 0 Å². The maximum atomic E-state index is 12.2. The lowest BCUT2D eigenvalue weighted by Crippen LogP contribution is -2.43. The molecule has 0 bridgehead atoms. The van der Waals surface area contributed by atoms with E-state index in [1.165, 1.54) is 0 Å². The number of carbonyl (C=O) groups is 2. The van der Waals surface area contributed by atoms with Gasteiger partial charge in [-0.15, -0.1) is 0 Å². The molecule has 0 heterocycles. The smallest absolute Gasteiger partial charge is 0.276 e. The highest BCUT2D eigenvalue weighted by molar-refractivity contribution is 9.10. The van der Waals surface area contributed by atoms with E-state index in [1.54, 1.807) is 18.2 Å². The summed E-state index contributed by atoms with van der Waals surface area (Å²) < 4.78 is 11.9. The molecule has 6 nitrogen and oxygen atoms in total. The Balaban J connectivity index is 1.87. The number of ether oxygens (including phenoxy) is 2. The monoisotopic (exact) mass is 448 g/mol. The molecule has 2 amide bonds. The highest BCUT2D eigenvalue weighted by Gasteiger charge is 2.12. The molecule has 0 aliphatic heterocycles. The first-order valence-electron chi connectivity index (χ1n) is 9.05. The Hall–Kier alpha value is -2.54. The molecule has 0 saturated carbocycles. The van der Waals surface area contributed by atoms with E-state index < -0.39 is 11.8 Å². The predicted octanol–water partition coefficient (Wildman–Crippen LogP) is 4.20. The van der Waals surface area contributed by atoms with E-state index in [4.69, 9.17) is 9.47 Å². The van der Waals surface area contributed by atoms with Gasteiger partial charge in [-0.2, -0.15) is 0 Å². The number of benzene rings is 2. The number of hydrogen-bond acceptors (Lipinski definition) is 4. The molecule has 0 radical (unpaired) electrons. The standard InChI is InChI=1S/C21H25BrN2O4/c1-13(2)16-7-5-6-8-18(16)27-12-20(25)23-24-21(26)15-9-10-19(17(22)11-15)28-14(3)4/h5-11,13-14H,12H2,1-4H3,(H,23,25)(H,24,26). The molecule has 2 N–H and O–H groups in total. The van der Waals surface area contributed by atoms with Gasteiger partial charge in [-0.3, -0.25) is 20.4 Å². The van der Waals surface area contributed by atoms with Crippen LogP contribution in [-0.4, -0.2) is 24.5 Å². The maximum Gasteiger partial charge on any atom is 0.276 e. The summed E-state index contributed by atoms with van der Waals surface area (Å²) >= 11 is 3.38. The number of hydrazine groups is 1. The van der Waals surface area contributed by atoms with Crippen LogP contribution in [-0.2, 0) is 4.79 Å². The first-order valence-corrected chi connectivity index (χ1v) is 9.84. The zero-order valence-electron chi connectivity index (χ0n) is 16.4. The fraction of sp³-hybridized carbons (Fsp3) is 0.333. The summed E-state index contributed by atoms with van der Waals surface area (Å²) in [5, 5.41) is 0. The van der Waals surface area contributed by atoms with Gasteiger partial charge in [0.25, 0.3) is 11.8 Å². The van der Waals surface area contributed by atoms with Crippen LogP contribution < -0.4 is 20.3 Å². The van der Waals surface area contributed by atoms with Crippen LogP contribution in [0.5, 0.6) is 11.5 Å². The molecule has 0 aromatic heterocycles. The minimum atomic E-state index is -0.453. The molecule has 2 rings (SSSR count). The molecule has 0 unspecified atom stereocenters. The normalized spacial score (nSPS) is 10.7. The van der Waals surface area contributed by atoms with Crippen LogP contribution in [0, 0.1) is 0 Å². The average molecular weight is 449 g/mol. The van der Waals surface area contributed by atoms with Gasteiger partial charge in [-0.05, 0) is 65.5 Å². The second kappa shape index (κ2) is 10.1. The quantitative estimate of drug-likeness (QED) is 0.622. The average Bonchev–Trinajstić information content (AvgIpc) is 2.65. The zero-order valence-corrected chi connectivity index (χ0v) is 18.0. The zero-order chi connectivity index (χ0) is 20.7. The van der Waals surface area contributed by atoms with Crippen molar-refractivity contribution in [1.82, 2.24) is 10.9 Å². The van der Waals surface area contributed by atoms with Crippen molar-refractivity contribution in [3.8, 4) is 11.5 Å². The van der Waals surface area contributed by atoms with Crippen molar-refractivity contribution < 1.29 is 19.1 Å². The third-order valence-corrected chi connectivity index (χ3v) is 4.39. The lowest BCUT2D eigenvalue weighted by molar-refractivity contribution is -0.123. The fourth-order valence-electron chi connectivity index (χ4n) is 2.46. The van der Waals surface area contributed by atoms with E-state index >= 15 is 0 Å². The molecule has 0 atom stereocenters. The van der Waals surface area contributed by atoms with Crippen LogP contribution >= 0.6 is 15.9 Å². The summed E-state index contributed by atoms with van der Waals surface area (Å²) in [6.45, 7) is 7.75. The Morgan fingerprint density at radius 2 is 1.71 bits per heavy atom. The number of amides is 2. The molecule has 2 aromatic carbocycles. The highest BCUT2D eigenvalue weighted by Crippen LogP contribution is 2.27. The van der Waals surface area contributed by atoms with Gasteiger partial charge in [0.15, 0.2) is 6.61 Å². The van der Waals surface area contributed by atoms with Crippen LogP contribution in [0.1, 0.15) is 49.5 Å². The van der Waals surface area contributed by atoms with Crippen molar-refractivity contribution >= 4 is 27.7 Å². The lowest BCUT2D eigenvalue weighted by atomic mass is 10.0. The highest BCUT2D eigenvalue weighted by atomic mass is 79.9. The Morgan fingerprint density at radius 3 is 2.36 bits per heavy atom. The number of hydrogen-bond donors (Lipinski definition) is 2. The van der Waals surface area contributed by atoms with Gasteiger partial charge in [0.1, 0.15) is 11.5 Å². The van der Waals surface area contributed by atoms with Crippen LogP contribution in [0.2, 0.25) is 0 Å². The molecule has 2 aromatic rings. The second-order valence-electron chi connectivity index (χ2n) is 6.80. The number of para-hydroxylation sites is 1. The summed E-state index contributed by atoms with van der Waals surface area (Å²) in [5.74, 6) is 0.690. The van der Waals surface area contributed by atoms with Crippen LogP contribution in [0.4, 0.5) is 0 Å². The summed E-state index contributed by atoms with van der Waals surface area (Å²) in [4.78, 5) is 24.2. The van der Waals surface area contributed by atoms with Crippen molar-refractivity contribution in [3.63, 3.8) is 0 Å². The fourth-order valence-corrected chi connectivity index (χ4v) is 2.93. The molecule has 28 heavy (non-hydrogen) atoms. The van der Waals surface area contributed by atoms with Crippen molar-refractivity contribution in [2.75, 3.05) is 6.61 Å². The van der Waals surface area contributed by atoms with Gasteiger partial charge in [0, 0.05) is 5.56 Å². The number of halogens is 1. The van der Waals surface area contributed by atoms with E-state index in [0.29, 0.717) is 21.5 Å². The molecule has 150 valence electrons. The topological polar surface area (TPSA) is 76.7 Å². The third-order valence-electron chi connectivity index (χ3n) is 3.77. The van der Waals surface area contributed by atoms with Crippen LogP contribution in [0.25, 0.3) is 0 Å². The van der Waals surface area contributed by atoms with Gasteiger partial charge in [0.2, 0.25) is 0 Å². The van der Waals surface area contributed by atoms with Crippen molar-refractivity contribution in [2.24, 2.45) is 0 Å². The van der Waals surface area contributed by atoms with E-state index in [9.17, 15) is 9.59 Å². The van der Waals surface area contributed by atoms with Gasteiger partial charge < -0.3 is 9.47 Å². The SMILES string of the molecule is CC(C)Oc1ccc(C(=O)NNC(=O)COc2ccccc2C(C)C)cc1Br. The van der Waals surface area contributed by atoms with Gasteiger partial charge in [-0.25, -0.2) is 0 Å². The molecule has 0 spiro atoms. The van der Waals surface area contributed by atoms with E-state index in [2.05, 4.69) is 40.6 Å². The molecule has 7 heteroatoms. The Kier molecular flexibility index (Phi) is 7.87. The Labute approximate surface area is 173 Å². The maximum absolute atomic E-state index is 12.2. The van der Waals surface area contributed by atoms with Crippen molar-refractivity contribution in [1.29, 1.82) is 0 Å². The van der Waals surface area contributed by atoms with Crippen molar-refractivity contribution in [2.45, 2.75) is 39.7 Å². The van der Waals surface area contributed by atoms with Gasteiger partial charge in [0.05, 0.1) is 10.6 Å². The Morgan fingerprint density at radius 1 is 1.00 bits per heavy atom. The third kappa shape index (κ3) is 6.27. The van der Waals surface area contributed by atoms with Crippen molar-refractivity contribution in [3.05, 3.63) is 58.1 Å². The molecule has 0 saturated heterocycles. The second-order valence-corrected chi connectivity index (χ2v) is 7.65. The van der Waals surface area contributed by atoms with Gasteiger partial charge >= 0.3 is 0 Å².